The number of phenols is 1. The lowest BCUT2D eigenvalue weighted by molar-refractivity contribution is -0.123. The van der Waals surface area contributed by atoms with Crippen molar-refractivity contribution < 1.29 is 19.8 Å². The molecule has 0 aromatic heterocycles. The van der Waals surface area contributed by atoms with Crippen LogP contribution in [0.25, 0.3) is 0 Å². The summed E-state index contributed by atoms with van der Waals surface area (Å²) in [5, 5.41) is 19.1. The minimum atomic E-state index is -1.15. The number of nitrogens with zero attached hydrogens (tertiary/aromatic N) is 1. The summed E-state index contributed by atoms with van der Waals surface area (Å²) >= 11 is 14.1. The van der Waals surface area contributed by atoms with E-state index in [1.807, 2.05) is 22.6 Å². The van der Waals surface area contributed by atoms with Crippen molar-refractivity contribution in [3.05, 3.63) is 56.1 Å². The summed E-state index contributed by atoms with van der Waals surface area (Å²) in [6, 6.07) is 8.56. The van der Waals surface area contributed by atoms with Crippen LogP contribution in [0.1, 0.15) is 22.0 Å². The van der Waals surface area contributed by atoms with Crippen molar-refractivity contribution in [3.63, 3.8) is 0 Å². The molecule has 1 amide bonds. The fourth-order valence-corrected chi connectivity index (χ4v) is 4.11. The Balaban J connectivity index is 2.13. The van der Waals surface area contributed by atoms with Crippen LogP contribution in [-0.4, -0.2) is 27.5 Å². The first kappa shape index (κ1) is 17.3. The zero-order chi connectivity index (χ0) is 17.6. The molecule has 0 radical (unpaired) electrons. The lowest BCUT2D eigenvalue weighted by atomic mass is 9.90. The van der Waals surface area contributed by atoms with Crippen LogP contribution in [0.2, 0.25) is 5.02 Å². The predicted molar refractivity (Wildman–Crippen MR) is 99.1 cm³/mol. The Morgan fingerprint density at radius 2 is 1.92 bits per heavy atom. The van der Waals surface area contributed by atoms with Crippen molar-refractivity contribution in [3.8, 4) is 5.75 Å². The SMILES string of the molecule is O=C(O)c1ccccc1N1C(=O)C(Cl)C1c1cc(Cl)cc(I)c1O. The summed E-state index contributed by atoms with van der Waals surface area (Å²) in [5.74, 6) is -1.61. The van der Waals surface area contributed by atoms with Gasteiger partial charge in [0.25, 0.3) is 0 Å². The molecule has 1 saturated heterocycles. The van der Waals surface area contributed by atoms with E-state index in [1.165, 1.54) is 23.1 Å². The number of aromatic hydroxyl groups is 1. The number of hydrogen-bond donors (Lipinski definition) is 2. The monoisotopic (exact) mass is 477 g/mol. The number of carbonyl (C=O) groups is 2. The number of anilines is 1. The Bertz CT molecular complexity index is 858. The quantitative estimate of drug-likeness (QED) is 0.397. The van der Waals surface area contributed by atoms with Gasteiger partial charge in [0.1, 0.15) is 11.1 Å². The minimum Gasteiger partial charge on any atom is -0.506 e. The molecule has 3 rings (SSSR count). The highest BCUT2D eigenvalue weighted by Crippen LogP contribution is 2.47. The molecule has 8 heteroatoms. The molecule has 2 unspecified atom stereocenters. The van der Waals surface area contributed by atoms with Crippen LogP contribution in [0.3, 0.4) is 0 Å². The fraction of sp³-hybridized carbons (Fsp3) is 0.125. The lowest BCUT2D eigenvalue weighted by Gasteiger charge is -2.45. The van der Waals surface area contributed by atoms with Gasteiger partial charge in [-0.1, -0.05) is 23.7 Å². The first-order valence-corrected chi connectivity index (χ1v) is 8.69. The molecule has 2 aromatic rings. The average molecular weight is 478 g/mol. The molecule has 1 heterocycles. The summed E-state index contributed by atoms with van der Waals surface area (Å²) in [6.45, 7) is 0. The van der Waals surface area contributed by atoms with Crippen molar-refractivity contribution in [2.75, 3.05) is 4.90 Å². The molecule has 124 valence electrons. The van der Waals surface area contributed by atoms with Gasteiger partial charge in [0.15, 0.2) is 0 Å². The van der Waals surface area contributed by atoms with Crippen molar-refractivity contribution in [2.45, 2.75) is 11.4 Å². The van der Waals surface area contributed by atoms with E-state index < -0.39 is 23.3 Å². The molecule has 2 N–H and O–H groups in total. The first-order valence-electron chi connectivity index (χ1n) is 6.80. The third-order valence-corrected chi connectivity index (χ3v) is 5.26. The number of carboxylic acid groups (broad SMARTS) is 1. The van der Waals surface area contributed by atoms with Gasteiger partial charge < -0.3 is 15.1 Å². The van der Waals surface area contributed by atoms with Crippen molar-refractivity contribution in [1.82, 2.24) is 0 Å². The van der Waals surface area contributed by atoms with Gasteiger partial charge >= 0.3 is 5.97 Å². The number of phenolic OH excluding ortho intramolecular Hbond substituents is 1. The molecule has 0 aliphatic carbocycles. The molecular formula is C16H10Cl2INO4. The van der Waals surface area contributed by atoms with Crippen LogP contribution in [0, 0.1) is 3.57 Å². The van der Waals surface area contributed by atoms with Crippen LogP contribution < -0.4 is 4.90 Å². The second-order valence-electron chi connectivity index (χ2n) is 5.20. The molecule has 0 bridgehead atoms. The fourth-order valence-electron chi connectivity index (χ4n) is 2.69. The van der Waals surface area contributed by atoms with Gasteiger partial charge in [0.05, 0.1) is 20.9 Å². The Hall–Kier alpha value is -1.51. The number of carbonyl (C=O) groups excluding carboxylic acids is 1. The topological polar surface area (TPSA) is 77.8 Å². The number of benzene rings is 2. The maximum atomic E-state index is 12.3. The lowest BCUT2D eigenvalue weighted by Crippen LogP contribution is -2.57. The zero-order valence-corrected chi connectivity index (χ0v) is 15.6. The Labute approximate surface area is 160 Å². The molecule has 1 aliphatic heterocycles. The number of β-lactam (4-membered cyclic amide) rings is 1. The van der Waals surface area contributed by atoms with E-state index in [2.05, 4.69) is 0 Å². The summed E-state index contributed by atoms with van der Waals surface area (Å²) < 4.78 is 0.518. The molecule has 1 aliphatic rings. The Kier molecular flexibility index (Phi) is 4.63. The van der Waals surface area contributed by atoms with Gasteiger partial charge in [-0.15, -0.1) is 11.6 Å². The molecule has 2 aromatic carbocycles. The maximum Gasteiger partial charge on any atom is 0.337 e. The molecular weight excluding hydrogens is 468 g/mol. The largest absolute Gasteiger partial charge is 0.506 e. The van der Waals surface area contributed by atoms with E-state index in [0.717, 1.165) is 0 Å². The average Bonchev–Trinajstić information content (AvgIpc) is 2.55. The second kappa shape index (κ2) is 6.42. The van der Waals surface area contributed by atoms with Gasteiger partial charge in [-0.2, -0.15) is 0 Å². The number of carboxylic acids is 1. The maximum absolute atomic E-state index is 12.3. The number of para-hydroxylation sites is 1. The Morgan fingerprint density at radius 3 is 2.58 bits per heavy atom. The van der Waals surface area contributed by atoms with Gasteiger partial charge in [-0.05, 0) is 46.9 Å². The third-order valence-electron chi connectivity index (χ3n) is 3.80. The summed E-state index contributed by atoms with van der Waals surface area (Å²) in [7, 11) is 0. The molecule has 2 atom stereocenters. The van der Waals surface area contributed by atoms with Crippen LogP contribution in [0.4, 0.5) is 5.69 Å². The van der Waals surface area contributed by atoms with Crippen molar-refractivity contribution >= 4 is 63.4 Å². The highest BCUT2D eigenvalue weighted by Gasteiger charge is 2.50. The number of alkyl halides is 1. The van der Waals surface area contributed by atoms with Crippen molar-refractivity contribution in [2.24, 2.45) is 0 Å². The smallest absolute Gasteiger partial charge is 0.337 e. The van der Waals surface area contributed by atoms with Gasteiger partial charge in [-0.25, -0.2) is 4.79 Å². The van der Waals surface area contributed by atoms with Gasteiger partial charge in [-0.3, -0.25) is 4.79 Å². The number of hydrogen-bond acceptors (Lipinski definition) is 3. The van der Waals surface area contributed by atoms with Crippen LogP contribution in [0.5, 0.6) is 5.75 Å². The Morgan fingerprint density at radius 1 is 1.25 bits per heavy atom. The third kappa shape index (κ3) is 2.72. The van der Waals surface area contributed by atoms with E-state index in [-0.39, 0.29) is 17.0 Å². The standard InChI is InChI=1S/C16H10Cl2INO4/c17-7-5-9(14(21)10(19)6-7)13-12(18)15(22)20(13)11-4-2-1-3-8(11)16(23)24/h1-6,12-13,21H,(H,23,24). The normalized spacial score (nSPS) is 20.0. The molecule has 5 nitrogen and oxygen atoms in total. The summed E-state index contributed by atoms with van der Waals surface area (Å²) in [6.07, 6.45) is 0. The predicted octanol–water partition coefficient (Wildman–Crippen LogP) is 4.04. The van der Waals surface area contributed by atoms with E-state index in [1.54, 1.807) is 18.2 Å². The second-order valence-corrected chi connectivity index (χ2v) is 7.27. The van der Waals surface area contributed by atoms with Crippen LogP contribution in [-0.2, 0) is 4.79 Å². The zero-order valence-electron chi connectivity index (χ0n) is 11.9. The number of halogens is 3. The number of rotatable bonds is 3. The minimum absolute atomic E-state index is 0.0179. The first-order chi connectivity index (χ1) is 11.3. The molecule has 1 fully saturated rings. The molecule has 24 heavy (non-hydrogen) atoms. The molecule has 0 saturated carbocycles. The van der Waals surface area contributed by atoms with Crippen LogP contribution in [0.15, 0.2) is 36.4 Å². The summed E-state index contributed by atoms with van der Waals surface area (Å²) in [4.78, 5) is 25.0. The number of aromatic carboxylic acids is 1. The van der Waals surface area contributed by atoms with Crippen LogP contribution >= 0.6 is 45.8 Å². The van der Waals surface area contributed by atoms with Gasteiger partial charge in [0, 0.05) is 10.6 Å². The highest BCUT2D eigenvalue weighted by molar-refractivity contribution is 14.1. The van der Waals surface area contributed by atoms with E-state index in [4.69, 9.17) is 23.2 Å². The highest BCUT2D eigenvalue weighted by atomic mass is 127. The van der Waals surface area contributed by atoms with Gasteiger partial charge in [0.2, 0.25) is 5.91 Å². The number of amides is 1. The summed E-state index contributed by atoms with van der Waals surface area (Å²) in [5.41, 5.74) is 0.591. The van der Waals surface area contributed by atoms with Crippen molar-refractivity contribution in [1.29, 1.82) is 0 Å². The van der Waals surface area contributed by atoms with E-state index in [9.17, 15) is 19.8 Å². The molecule has 0 spiro atoms. The van der Waals surface area contributed by atoms with E-state index in [0.29, 0.717) is 14.2 Å². The van der Waals surface area contributed by atoms with E-state index >= 15 is 0 Å².